The molecule has 5 nitrogen and oxygen atoms in total. The van der Waals surface area contributed by atoms with E-state index in [9.17, 15) is 9.59 Å². The number of carbonyl (C=O) groups is 2. The van der Waals surface area contributed by atoms with Crippen molar-refractivity contribution in [1.82, 2.24) is 14.7 Å². The maximum atomic E-state index is 13.2. The SMILES string of the molecule is O=C(N1CCCC1)N1CCC(C(=O)N2CCCC2CCc2ccccc2)CC1. The summed E-state index contributed by atoms with van der Waals surface area (Å²) in [6.07, 6.45) is 8.24. The van der Waals surface area contributed by atoms with Gasteiger partial charge in [0.05, 0.1) is 0 Å². The zero-order chi connectivity index (χ0) is 19.3. The fourth-order valence-electron chi connectivity index (χ4n) is 5.06. The van der Waals surface area contributed by atoms with Gasteiger partial charge in [0.1, 0.15) is 0 Å². The van der Waals surface area contributed by atoms with Crippen LogP contribution >= 0.6 is 0 Å². The highest BCUT2D eigenvalue weighted by Crippen LogP contribution is 2.28. The number of amides is 3. The number of urea groups is 1. The molecule has 0 aromatic heterocycles. The zero-order valence-electron chi connectivity index (χ0n) is 16.9. The molecule has 3 heterocycles. The minimum absolute atomic E-state index is 0.0972. The number of likely N-dealkylation sites (tertiary alicyclic amines) is 3. The van der Waals surface area contributed by atoms with Gasteiger partial charge in [-0.2, -0.15) is 0 Å². The molecule has 1 aromatic rings. The average Bonchev–Trinajstić information content (AvgIpc) is 3.44. The molecule has 0 radical (unpaired) electrons. The van der Waals surface area contributed by atoms with Gasteiger partial charge in [-0.05, 0) is 56.9 Å². The van der Waals surface area contributed by atoms with Crippen LogP contribution in [0.4, 0.5) is 4.79 Å². The third-order valence-electron chi connectivity index (χ3n) is 6.76. The number of carbonyl (C=O) groups excluding carboxylic acids is 2. The molecular weight excluding hydrogens is 350 g/mol. The van der Waals surface area contributed by atoms with Gasteiger partial charge in [0.15, 0.2) is 0 Å². The zero-order valence-corrected chi connectivity index (χ0v) is 16.9. The summed E-state index contributed by atoms with van der Waals surface area (Å²) in [4.78, 5) is 31.8. The van der Waals surface area contributed by atoms with E-state index < -0.39 is 0 Å². The Balaban J connectivity index is 1.27. The van der Waals surface area contributed by atoms with Crippen molar-refractivity contribution < 1.29 is 9.59 Å². The Morgan fingerprint density at radius 2 is 1.50 bits per heavy atom. The largest absolute Gasteiger partial charge is 0.339 e. The van der Waals surface area contributed by atoms with Crippen LogP contribution < -0.4 is 0 Å². The Morgan fingerprint density at radius 1 is 0.821 bits per heavy atom. The highest BCUT2D eigenvalue weighted by molar-refractivity contribution is 5.80. The molecule has 1 aromatic carbocycles. The Bertz CT molecular complexity index is 664. The fourth-order valence-corrected chi connectivity index (χ4v) is 5.06. The summed E-state index contributed by atoms with van der Waals surface area (Å²) >= 11 is 0. The molecule has 3 amide bonds. The molecule has 28 heavy (non-hydrogen) atoms. The summed E-state index contributed by atoms with van der Waals surface area (Å²) in [5.41, 5.74) is 1.36. The molecule has 0 spiro atoms. The smallest absolute Gasteiger partial charge is 0.319 e. The van der Waals surface area contributed by atoms with Gasteiger partial charge in [-0.3, -0.25) is 4.79 Å². The molecule has 1 unspecified atom stereocenters. The van der Waals surface area contributed by atoms with Crippen LogP contribution in [0.3, 0.4) is 0 Å². The molecule has 5 heteroatoms. The van der Waals surface area contributed by atoms with E-state index in [1.807, 2.05) is 9.80 Å². The van der Waals surface area contributed by atoms with Crippen molar-refractivity contribution in [3.63, 3.8) is 0 Å². The predicted octanol–water partition coefficient (Wildman–Crippen LogP) is 3.54. The third kappa shape index (κ3) is 4.34. The first-order valence-electron chi connectivity index (χ1n) is 11.1. The van der Waals surface area contributed by atoms with Crippen molar-refractivity contribution in [2.45, 2.75) is 57.4 Å². The second-order valence-corrected chi connectivity index (χ2v) is 8.59. The molecule has 1 atom stereocenters. The lowest BCUT2D eigenvalue weighted by molar-refractivity contribution is -0.137. The van der Waals surface area contributed by atoms with Crippen LogP contribution in [-0.4, -0.2) is 65.4 Å². The predicted molar refractivity (Wildman–Crippen MR) is 110 cm³/mol. The number of benzene rings is 1. The lowest BCUT2D eigenvalue weighted by Crippen LogP contribution is -2.49. The van der Waals surface area contributed by atoms with E-state index in [-0.39, 0.29) is 11.9 Å². The molecule has 0 aliphatic carbocycles. The monoisotopic (exact) mass is 383 g/mol. The Kier molecular flexibility index (Phi) is 6.18. The minimum atomic E-state index is 0.0972. The topological polar surface area (TPSA) is 43.9 Å². The first-order valence-corrected chi connectivity index (χ1v) is 11.1. The van der Waals surface area contributed by atoms with Gasteiger partial charge in [-0.15, -0.1) is 0 Å². The van der Waals surface area contributed by atoms with Crippen molar-refractivity contribution in [3.05, 3.63) is 35.9 Å². The summed E-state index contributed by atoms with van der Waals surface area (Å²) in [5.74, 6) is 0.434. The van der Waals surface area contributed by atoms with E-state index in [2.05, 4.69) is 35.2 Å². The summed E-state index contributed by atoms with van der Waals surface area (Å²) in [6.45, 7) is 4.16. The Hall–Kier alpha value is -2.04. The van der Waals surface area contributed by atoms with Gasteiger partial charge in [-0.25, -0.2) is 4.79 Å². The normalized spacial score (nSPS) is 23.4. The first-order chi connectivity index (χ1) is 13.7. The summed E-state index contributed by atoms with van der Waals surface area (Å²) in [5, 5.41) is 0. The third-order valence-corrected chi connectivity index (χ3v) is 6.76. The average molecular weight is 384 g/mol. The van der Waals surface area contributed by atoms with Gasteiger partial charge in [0, 0.05) is 44.7 Å². The number of hydrogen-bond donors (Lipinski definition) is 0. The van der Waals surface area contributed by atoms with Crippen molar-refractivity contribution in [2.75, 3.05) is 32.7 Å². The van der Waals surface area contributed by atoms with E-state index in [0.29, 0.717) is 11.9 Å². The maximum Gasteiger partial charge on any atom is 0.319 e. The van der Waals surface area contributed by atoms with Crippen LogP contribution in [0.5, 0.6) is 0 Å². The van der Waals surface area contributed by atoms with E-state index in [1.54, 1.807) is 0 Å². The van der Waals surface area contributed by atoms with E-state index in [4.69, 9.17) is 0 Å². The van der Waals surface area contributed by atoms with Crippen molar-refractivity contribution in [2.24, 2.45) is 5.92 Å². The second-order valence-electron chi connectivity index (χ2n) is 8.59. The van der Waals surface area contributed by atoms with Crippen LogP contribution in [0.2, 0.25) is 0 Å². The van der Waals surface area contributed by atoms with Crippen molar-refractivity contribution in [3.8, 4) is 0 Å². The Morgan fingerprint density at radius 3 is 2.21 bits per heavy atom. The molecular formula is C23H33N3O2. The molecule has 4 rings (SSSR count). The van der Waals surface area contributed by atoms with Crippen LogP contribution in [0.1, 0.15) is 50.5 Å². The highest BCUT2D eigenvalue weighted by Gasteiger charge is 2.36. The second kappa shape index (κ2) is 8.97. The molecule has 3 fully saturated rings. The quantitative estimate of drug-likeness (QED) is 0.798. The lowest BCUT2D eigenvalue weighted by Gasteiger charge is -2.36. The summed E-state index contributed by atoms with van der Waals surface area (Å²) in [6, 6.07) is 11.1. The van der Waals surface area contributed by atoms with Crippen LogP contribution in [0.25, 0.3) is 0 Å². The lowest BCUT2D eigenvalue weighted by atomic mass is 9.94. The van der Waals surface area contributed by atoms with Crippen molar-refractivity contribution >= 4 is 11.9 Å². The maximum absolute atomic E-state index is 13.2. The highest BCUT2D eigenvalue weighted by atomic mass is 16.2. The van der Waals surface area contributed by atoms with E-state index in [1.165, 1.54) is 5.56 Å². The fraction of sp³-hybridized carbons (Fsp3) is 0.652. The molecule has 152 valence electrons. The molecule has 0 saturated carbocycles. The van der Waals surface area contributed by atoms with E-state index in [0.717, 1.165) is 84.1 Å². The van der Waals surface area contributed by atoms with Gasteiger partial charge < -0.3 is 14.7 Å². The van der Waals surface area contributed by atoms with Crippen LogP contribution in [-0.2, 0) is 11.2 Å². The van der Waals surface area contributed by atoms with Crippen molar-refractivity contribution in [1.29, 1.82) is 0 Å². The first kappa shape index (κ1) is 19.3. The molecule has 3 aliphatic heterocycles. The summed E-state index contributed by atoms with van der Waals surface area (Å²) < 4.78 is 0. The van der Waals surface area contributed by atoms with Gasteiger partial charge in [0.25, 0.3) is 0 Å². The molecule has 0 N–H and O–H groups in total. The molecule has 0 bridgehead atoms. The standard InChI is InChI=1S/C23H33N3O2/c27-22(20-12-17-25(18-13-20)23(28)24-14-4-5-15-24)26-16-6-9-21(26)11-10-19-7-2-1-3-8-19/h1-3,7-8,20-21H,4-6,9-18H2. The Labute approximate surface area is 168 Å². The number of piperidine rings is 1. The van der Waals surface area contributed by atoms with Crippen LogP contribution in [0, 0.1) is 5.92 Å². The van der Waals surface area contributed by atoms with Crippen LogP contribution in [0.15, 0.2) is 30.3 Å². The van der Waals surface area contributed by atoms with E-state index >= 15 is 0 Å². The number of rotatable bonds is 4. The molecule has 3 aliphatic rings. The molecule has 3 saturated heterocycles. The van der Waals surface area contributed by atoms with Gasteiger partial charge in [-0.1, -0.05) is 30.3 Å². The van der Waals surface area contributed by atoms with Gasteiger partial charge >= 0.3 is 6.03 Å². The van der Waals surface area contributed by atoms with Gasteiger partial charge in [0.2, 0.25) is 5.91 Å². The summed E-state index contributed by atoms with van der Waals surface area (Å²) in [7, 11) is 0. The number of nitrogens with zero attached hydrogens (tertiary/aromatic N) is 3. The number of aryl methyl sites for hydroxylation is 1. The number of hydrogen-bond acceptors (Lipinski definition) is 2. The minimum Gasteiger partial charge on any atom is -0.339 e.